The number of amides is 1. The molecule has 4 aromatic rings. The number of hydrogen-bond donors (Lipinski definition) is 2. The Morgan fingerprint density at radius 2 is 1.84 bits per heavy atom. The van der Waals surface area contributed by atoms with Crippen molar-refractivity contribution in [1.82, 2.24) is 20.1 Å². The molecule has 0 saturated heterocycles. The van der Waals surface area contributed by atoms with Gasteiger partial charge < -0.3 is 15.8 Å². The Labute approximate surface area is 180 Å². The maximum Gasteiger partial charge on any atom is 0.251 e. The molecular weight excluding hydrogens is 390 g/mol. The van der Waals surface area contributed by atoms with E-state index < -0.39 is 0 Å². The summed E-state index contributed by atoms with van der Waals surface area (Å²) in [6.07, 6.45) is 2.43. The summed E-state index contributed by atoms with van der Waals surface area (Å²) in [6, 6.07) is 22.4. The number of nitrogens with zero attached hydrogens (tertiary/aromatic N) is 3. The van der Waals surface area contributed by atoms with E-state index in [0.717, 1.165) is 28.4 Å². The lowest BCUT2D eigenvalue weighted by Gasteiger charge is -2.07. The first-order valence-corrected chi connectivity index (χ1v) is 9.92. The van der Waals surface area contributed by atoms with Crippen LogP contribution in [-0.4, -0.2) is 34.3 Å². The van der Waals surface area contributed by atoms with Gasteiger partial charge in [0.05, 0.1) is 18.5 Å². The number of aromatic nitrogens is 3. The van der Waals surface area contributed by atoms with Gasteiger partial charge >= 0.3 is 0 Å². The quantitative estimate of drug-likeness (QED) is 0.484. The minimum atomic E-state index is -0.130. The maximum absolute atomic E-state index is 12.4. The highest BCUT2D eigenvalue weighted by Crippen LogP contribution is 2.25. The fourth-order valence-electron chi connectivity index (χ4n) is 3.21. The van der Waals surface area contributed by atoms with E-state index in [-0.39, 0.29) is 5.91 Å². The maximum atomic E-state index is 12.4. The molecule has 4 rings (SSSR count). The van der Waals surface area contributed by atoms with E-state index in [1.54, 1.807) is 30.1 Å². The van der Waals surface area contributed by atoms with Gasteiger partial charge in [0.15, 0.2) is 0 Å². The van der Waals surface area contributed by atoms with Crippen molar-refractivity contribution < 1.29 is 9.53 Å². The molecule has 2 aromatic heterocycles. The number of hydrogen-bond acceptors (Lipinski definition) is 5. The summed E-state index contributed by atoms with van der Waals surface area (Å²) < 4.78 is 6.85. The van der Waals surface area contributed by atoms with Crippen LogP contribution in [-0.2, 0) is 6.42 Å². The lowest BCUT2D eigenvalue weighted by atomic mass is 10.1. The molecule has 0 aliphatic carbocycles. The van der Waals surface area contributed by atoms with Crippen molar-refractivity contribution in [2.45, 2.75) is 6.42 Å². The third-order valence-corrected chi connectivity index (χ3v) is 4.89. The molecule has 2 aromatic carbocycles. The Balaban J connectivity index is 1.42. The normalized spacial score (nSPS) is 10.6. The van der Waals surface area contributed by atoms with Crippen molar-refractivity contribution in [1.29, 1.82) is 0 Å². The SMILES string of the molecule is COc1ccc(-c2cc(N)n(-c3ccc(C(=O)NCCc4ccccn4)cc3)n2)cc1. The minimum Gasteiger partial charge on any atom is -0.497 e. The third kappa shape index (κ3) is 4.72. The summed E-state index contributed by atoms with van der Waals surface area (Å²) in [5.41, 5.74) is 10.2. The van der Waals surface area contributed by atoms with E-state index in [9.17, 15) is 4.79 Å². The van der Waals surface area contributed by atoms with Crippen LogP contribution in [0.3, 0.4) is 0 Å². The second kappa shape index (κ2) is 9.13. The van der Waals surface area contributed by atoms with Gasteiger partial charge in [0.25, 0.3) is 5.91 Å². The van der Waals surface area contributed by atoms with Crippen molar-refractivity contribution >= 4 is 11.7 Å². The van der Waals surface area contributed by atoms with E-state index in [4.69, 9.17) is 10.5 Å². The number of rotatable bonds is 7. The van der Waals surface area contributed by atoms with Gasteiger partial charge in [-0.25, -0.2) is 4.68 Å². The van der Waals surface area contributed by atoms with Crippen LogP contribution >= 0.6 is 0 Å². The number of nitrogens with two attached hydrogens (primary N) is 1. The van der Waals surface area contributed by atoms with Crippen molar-refractivity contribution in [3.05, 3.63) is 90.3 Å². The monoisotopic (exact) mass is 413 g/mol. The molecular formula is C24H23N5O2. The molecule has 2 heterocycles. The van der Waals surface area contributed by atoms with E-state index in [1.807, 2.05) is 60.7 Å². The molecule has 7 heteroatoms. The molecule has 0 fully saturated rings. The third-order valence-electron chi connectivity index (χ3n) is 4.89. The van der Waals surface area contributed by atoms with E-state index in [0.29, 0.717) is 24.3 Å². The molecule has 0 aliphatic heterocycles. The number of carbonyl (C=O) groups excluding carboxylic acids is 1. The molecule has 0 aliphatic rings. The summed E-state index contributed by atoms with van der Waals surface area (Å²) in [7, 11) is 1.63. The molecule has 156 valence electrons. The lowest BCUT2D eigenvalue weighted by Crippen LogP contribution is -2.25. The topological polar surface area (TPSA) is 95.1 Å². The van der Waals surface area contributed by atoms with Gasteiger partial charge in [-0.1, -0.05) is 6.07 Å². The smallest absolute Gasteiger partial charge is 0.251 e. The summed E-state index contributed by atoms with van der Waals surface area (Å²) >= 11 is 0. The van der Waals surface area contributed by atoms with Crippen LogP contribution in [0, 0.1) is 0 Å². The molecule has 0 bridgehead atoms. The Morgan fingerprint density at radius 1 is 1.06 bits per heavy atom. The molecule has 31 heavy (non-hydrogen) atoms. The van der Waals surface area contributed by atoms with Crippen LogP contribution in [0.25, 0.3) is 16.9 Å². The average molecular weight is 413 g/mol. The Hall–Kier alpha value is -4.13. The van der Waals surface area contributed by atoms with E-state index >= 15 is 0 Å². The van der Waals surface area contributed by atoms with Crippen LogP contribution in [0.1, 0.15) is 16.1 Å². The average Bonchev–Trinajstić information content (AvgIpc) is 3.21. The number of nitrogens with one attached hydrogen (secondary N) is 1. The number of carbonyl (C=O) groups is 1. The Morgan fingerprint density at radius 3 is 2.52 bits per heavy atom. The number of methoxy groups -OCH3 is 1. The van der Waals surface area contributed by atoms with Crippen molar-refractivity contribution in [2.24, 2.45) is 0 Å². The number of nitrogen functional groups attached to an aromatic ring is 1. The van der Waals surface area contributed by atoms with Gasteiger partial charge in [-0.3, -0.25) is 9.78 Å². The second-order valence-corrected chi connectivity index (χ2v) is 6.97. The molecule has 0 radical (unpaired) electrons. The number of ether oxygens (including phenoxy) is 1. The molecule has 0 unspecified atom stereocenters. The zero-order valence-electron chi connectivity index (χ0n) is 17.2. The summed E-state index contributed by atoms with van der Waals surface area (Å²) in [5, 5.41) is 7.52. The first-order valence-electron chi connectivity index (χ1n) is 9.92. The van der Waals surface area contributed by atoms with Crippen LogP contribution in [0.4, 0.5) is 5.82 Å². The van der Waals surface area contributed by atoms with Gasteiger partial charge in [-0.15, -0.1) is 0 Å². The van der Waals surface area contributed by atoms with Crippen LogP contribution in [0.15, 0.2) is 79.0 Å². The molecule has 0 atom stereocenters. The van der Waals surface area contributed by atoms with Crippen LogP contribution < -0.4 is 15.8 Å². The molecule has 3 N–H and O–H groups in total. The van der Waals surface area contributed by atoms with Crippen LogP contribution in [0.2, 0.25) is 0 Å². The Bertz CT molecular complexity index is 1150. The minimum absolute atomic E-state index is 0.130. The molecule has 0 spiro atoms. The number of benzene rings is 2. The standard InChI is InChI=1S/C24H23N5O2/c1-31-21-11-7-17(8-12-21)22-16-23(25)29(28-22)20-9-5-18(6-10-20)24(30)27-15-13-19-4-2-3-14-26-19/h2-12,14,16H,13,15,25H2,1H3,(H,27,30). The van der Waals surface area contributed by atoms with Gasteiger partial charge in [-0.2, -0.15) is 5.10 Å². The van der Waals surface area contributed by atoms with Crippen molar-refractivity contribution in [2.75, 3.05) is 19.4 Å². The summed E-state index contributed by atoms with van der Waals surface area (Å²) in [5.74, 6) is 1.17. The van der Waals surface area contributed by atoms with Crippen molar-refractivity contribution in [3.8, 4) is 22.7 Å². The molecule has 1 amide bonds. The van der Waals surface area contributed by atoms with Gasteiger partial charge in [-0.05, 0) is 60.7 Å². The summed E-state index contributed by atoms with van der Waals surface area (Å²) in [6.45, 7) is 0.523. The highest BCUT2D eigenvalue weighted by Gasteiger charge is 2.11. The van der Waals surface area contributed by atoms with Crippen LogP contribution in [0.5, 0.6) is 5.75 Å². The lowest BCUT2D eigenvalue weighted by molar-refractivity contribution is 0.0954. The van der Waals surface area contributed by atoms with E-state index in [1.165, 1.54) is 0 Å². The first kappa shape index (κ1) is 20.2. The van der Waals surface area contributed by atoms with Gasteiger partial charge in [0.1, 0.15) is 11.6 Å². The molecule has 0 saturated carbocycles. The predicted octanol–water partition coefficient (Wildman–Crippen LogP) is 3.50. The largest absolute Gasteiger partial charge is 0.497 e. The number of pyridine rings is 1. The highest BCUT2D eigenvalue weighted by atomic mass is 16.5. The van der Waals surface area contributed by atoms with Gasteiger partial charge in [0.2, 0.25) is 0 Å². The summed E-state index contributed by atoms with van der Waals surface area (Å²) in [4.78, 5) is 16.7. The molecule has 7 nitrogen and oxygen atoms in total. The highest BCUT2D eigenvalue weighted by molar-refractivity contribution is 5.94. The Kier molecular flexibility index (Phi) is 5.93. The zero-order chi connectivity index (χ0) is 21.6. The predicted molar refractivity (Wildman–Crippen MR) is 120 cm³/mol. The second-order valence-electron chi connectivity index (χ2n) is 6.97. The number of anilines is 1. The zero-order valence-corrected chi connectivity index (χ0v) is 17.2. The van der Waals surface area contributed by atoms with E-state index in [2.05, 4.69) is 15.4 Å². The fourth-order valence-corrected chi connectivity index (χ4v) is 3.21. The first-order chi connectivity index (χ1) is 15.1. The van der Waals surface area contributed by atoms with Crippen molar-refractivity contribution in [3.63, 3.8) is 0 Å². The van der Waals surface area contributed by atoms with Gasteiger partial charge in [0, 0.05) is 42.0 Å². The fraction of sp³-hybridized carbons (Fsp3) is 0.125.